The standard InChI is InChI=1S/C15H21NO/c1-17-13-7-6-12-9-16-10-15(14(12)8-13)11-4-2-3-5-11/h6-8,11,15-16H,2-5,9-10H2,1H3. The minimum atomic E-state index is 0.705. The SMILES string of the molecule is COc1ccc2c(c1)C(C1CCCC1)CNC2. The van der Waals surface area contributed by atoms with E-state index in [1.165, 1.54) is 36.8 Å². The number of hydrogen-bond acceptors (Lipinski definition) is 2. The number of nitrogens with one attached hydrogen (secondary N) is 1. The van der Waals surface area contributed by atoms with Gasteiger partial charge in [-0.1, -0.05) is 18.9 Å². The fourth-order valence-electron chi connectivity index (χ4n) is 3.46. The van der Waals surface area contributed by atoms with Crippen molar-refractivity contribution in [3.05, 3.63) is 29.3 Å². The molecule has 0 aromatic heterocycles. The molecule has 17 heavy (non-hydrogen) atoms. The molecule has 0 radical (unpaired) electrons. The van der Waals surface area contributed by atoms with Gasteiger partial charge in [0.2, 0.25) is 0 Å². The van der Waals surface area contributed by atoms with Gasteiger partial charge < -0.3 is 10.1 Å². The van der Waals surface area contributed by atoms with Crippen LogP contribution in [0.15, 0.2) is 18.2 Å². The number of hydrogen-bond donors (Lipinski definition) is 1. The Bertz CT molecular complexity index is 396. The molecule has 1 aliphatic carbocycles. The monoisotopic (exact) mass is 231 g/mol. The van der Waals surface area contributed by atoms with Gasteiger partial charge in [0.15, 0.2) is 0 Å². The molecule has 1 N–H and O–H groups in total. The molecule has 0 amide bonds. The average Bonchev–Trinajstić information content (AvgIpc) is 2.91. The first-order valence-corrected chi connectivity index (χ1v) is 6.76. The maximum absolute atomic E-state index is 5.37. The molecule has 0 bridgehead atoms. The third kappa shape index (κ3) is 2.06. The zero-order valence-electron chi connectivity index (χ0n) is 10.5. The lowest BCUT2D eigenvalue weighted by Crippen LogP contribution is -2.31. The molecule has 3 rings (SSSR count). The average molecular weight is 231 g/mol. The van der Waals surface area contributed by atoms with Crippen molar-refractivity contribution in [1.29, 1.82) is 0 Å². The van der Waals surface area contributed by atoms with Crippen molar-refractivity contribution in [2.45, 2.75) is 38.1 Å². The lowest BCUT2D eigenvalue weighted by atomic mass is 9.80. The number of benzene rings is 1. The molecular formula is C15H21NO. The van der Waals surface area contributed by atoms with E-state index in [9.17, 15) is 0 Å². The van der Waals surface area contributed by atoms with E-state index in [-0.39, 0.29) is 0 Å². The second-order valence-corrected chi connectivity index (χ2v) is 5.35. The largest absolute Gasteiger partial charge is 0.497 e. The van der Waals surface area contributed by atoms with E-state index in [1.807, 2.05) is 0 Å². The summed E-state index contributed by atoms with van der Waals surface area (Å²) in [6, 6.07) is 6.57. The molecule has 2 nitrogen and oxygen atoms in total. The van der Waals surface area contributed by atoms with Crippen LogP contribution in [0.4, 0.5) is 0 Å². The molecule has 1 unspecified atom stereocenters. The van der Waals surface area contributed by atoms with E-state index >= 15 is 0 Å². The van der Waals surface area contributed by atoms with E-state index in [1.54, 1.807) is 7.11 Å². The van der Waals surface area contributed by atoms with Gasteiger partial charge in [0.25, 0.3) is 0 Å². The fourth-order valence-corrected chi connectivity index (χ4v) is 3.46. The third-order valence-corrected chi connectivity index (χ3v) is 4.40. The van der Waals surface area contributed by atoms with Gasteiger partial charge in [-0.3, -0.25) is 0 Å². The summed E-state index contributed by atoms with van der Waals surface area (Å²) in [5.74, 6) is 2.60. The van der Waals surface area contributed by atoms with Crippen molar-refractivity contribution in [2.24, 2.45) is 5.92 Å². The summed E-state index contributed by atoms with van der Waals surface area (Å²) in [5, 5.41) is 3.56. The summed E-state index contributed by atoms with van der Waals surface area (Å²) in [5.41, 5.74) is 3.00. The normalized spacial score (nSPS) is 24.6. The summed E-state index contributed by atoms with van der Waals surface area (Å²) >= 11 is 0. The van der Waals surface area contributed by atoms with Gasteiger partial charge in [-0.15, -0.1) is 0 Å². The first-order valence-electron chi connectivity index (χ1n) is 6.76. The highest BCUT2D eigenvalue weighted by Crippen LogP contribution is 2.40. The maximum Gasteiger partial charge on any atom is 0.119 e. The highest BCUT2D eigenvalue weighted by atomic mass is 16.5. The first kappa shape index (κ1) is 11.1. The Morgan fingerprint density at radius 3 is 2.82 bits per heavy atom. The van der Waals surface area contributed by atoms with Crippen molar-refractivity contribution < 1.29 is 4.74 Å². The summed E-state index contributed by atoms with van der Waals surface area (Å²) in [6.07, 6.45) is 5.65. The van der Waals surface area contributed by atoms with Gasteiger partial charge in [-0.25, -0.2) is 0 Å². The molecule has 1 aliphatic heterocycles. The van der Waals surface area contributed by atoms with Crippen LogP contribution in [0.2, 0.25) is 0 Å². The highest BCUT2D eigenvalue weighted by molar-refractivity contribution is 5.40. The molecule has 1 saturated carbocycles. The van der Waals surface area contributed by atoms with Crippen LogP contribution >= 0.6 is 0 Å². The van der Waals surface area contributed by atoms with Crippen molar-refractivity contribution >= 4 is 0 Å². The second-order valence-electron chi connectivity index (χ2n) is 5.35. The van der Waals surface area contributed by atoms with Crippen molar-refractivity contribution in [3.8, 4) is 5.75 Å². The molecule has 0 spiro atoms. The molecule has 92 valence electrons. The minimum absolute atomic E-state index is 0.705. The van der Waals surface area contributed by atoms with Crippen LogP contribution in [0.1, 0.15) is 42.7 Å². The Morgan fingerprint density at radius 1 is 1.24 bits per heavy atom. The van der Waals surface area contributed by atoms with Gasteiger partial charge in [0, 0.05) is 13.1 Å². The summed E-state index contributed by atoms with van der Waals surface area (Å²) in [6.45, 7) is 2.16. The van der Waals surface area contributed by atoms with Gasteiger partial charge in [-0.05, 0) is 47.9 Å². The minimum Gasteiger partial charge on any atom is -0.497 e. The van der Waals surface area contributed by atoms with Crippen molar-refractivity contribution in [1.82, 2.24) is 5.32 Å². The summed E-state index contributed by atoms with van der Waals surface area (Å²) in [4.78, 5) is 0. The van der Waals surface area contributed by atoms with Crippen LogP contribution in [0, 0.1) is 5.92 Å². The lowest BCUT2D eigenvalue weighted by Gasteiger charge is -2.31. The van der Waals surface area contributed by atoms with Crippen LogP contribution in [0.5, 0.6) is 5.75 Å². The van der Waals surface area contributed by atoms with Gasteiger partial charge in [0.05, 0.1) is 7.11 Å². The van der Waals surface area contributed by atoms with Crippen molar-refractivity contribution in [3.63, 3.8) is 0 Å². The molecule has 1 heterocycles. The predicted octanol–water partition coefficient (Wildman–Crippen LogP) is 3.07. The maximum atomic E-state index is 5.37. The second kappa shape index (κ2) is 4.69. The number of methoxy groups -OCH3 is 1. The molecule has 0 saturated heterocycles. The van der Waals surface area contributed by atoms with Crippen LogP contribution in [-0.2, 0) is 6.54 Å². The number of rotatable bonds is 2. The molecule has 1 aromatic carbocycles. The molecule has 1 aromatic rings. The quantitative estimate of drug-likeness (QED) is 0.844. The molecule has 1 atom stereocenters. The smallest absolute Gasteiger partial charge is 0.119 e. The molecular weight excluding hydrogens is 210 g/mol. The van der Waals surface area contributed by atoms with E-state index in [0.29, 0.717) is 5.92 Å². The van der Waals surface area contributed by atoms with E-state index in [4.69, 9.17) is 4.74 Å². The van der Waals surface area contributed by atoms with Gasteiger partial charge in [0.1, 0.15) is 5.75 Å². The van der Waals surface area contributed by atoms with E-state index in [0.717, 1.165) is 24.8 Å². The van der Waals surface area contributed by atoms with Gasteiger partial charge >= 0.3 is 0 Å². The third-order valence-electron chi connectivity index (χ3n) is 4.40. The van der Waals surface area contributed by atoms with E-state index < -0.39 is 0 Å². The van der Waals surface area contributed by atoms with Crippen LogP contribution in [0.3, 0.4) is 0 Å². The number of ether oxygens (including phenoxy) is 1. The molecule has 2 aliphatic rings. The predicted molar refractivity (Wildman–Crippen MR) is 69.4 cm³/mol. The Hall–Kier alpha value is -1.02. The topological polar surface area (TPSA) is 21.3 Å². The zero-order chi connectivity index (χ0) is 11.7. The van der Waals surface area contributed by atoms with Crippen LogP contribution in [0.25, 0.3) is 0 Å². The Morgan fingerprint density at radius 2 is 2.06 bits per heavy atom. The van der Waals surface area contributed by atoms with Crippen LogP contribution in [-0.4, -0.2) is 13.7 Å². The number of fused-ring (bicyclic) bond motifs is 1. The van der Waals surface area contributed by atoms with Crippen LogP contribution < -0.4 is 10.1 Å². The molecule has 1 fully saturated rings. The Balaban J connectivity index is 1.93. The van der Waals surface area contributed by atoms with E-state index in [2.05, 4.69) is 23.5 Å². The van der Waals surface area contributed by atoms with Crippen molar-refractivity contribution in [2.75, 3.05) is 13.7 Å². The highest BCUT2D eigenvalue weighted by Gasteiger charge is 2.30. The first-order chi connectivity index (χ1) is 8.38. The molecule has 2 heteroatoms. The Kier molecular flexibility index (Phi) is 3.06. The Labute approximate surface area is 103 Å². The summed E-state index contributed by atoms with van der Waals surface area (Å²) in [7, 11) is 1.76. The van der Waals surface area contributed by atoms with Gasteiger partial charge in [-0.2, -0.15) is 0 Å². The summed E-state index contributed by atoms with van der Waals surface area (Å²) < 4.78 is 5.37. The lowest BCUT2D eigenvalue weighted by molar-refractivity contribution is 0.383. The fraction of sp³-hybridized carbons (Fsp3) is 0.600. The zero-order valence-corrected chi connectivity index (χ0v) is 10.5.